The van der Waals surface area contributed by atoms with Gasteiger partial charge >= 0.3 is 11.6 Å². The van der Waals surface area contributed by atoms with E-state index >= 15 is 0 Å². The smallest absolute Gasteiger partial charge is 0.340 e. The molecule has 0 fully saturated rings. The van der Waals surface area contributed by atoms with E-state index in [2.05, 4.69) is 5.32 Å². The number of aliphatic carboxylic acids is 1. The number of hydrogen-bond donors (Lipinski definition) is 2. The number of carbonyl (C=O) groups is 2. The molecular weight excluding hydrogens is 494 g/mol. The molecule has 37 heavy (non-hydrogen) atoms. The Balaban J connectivity index is 1.47. The van der Waals surface area contributed by atoms with Gasteiger partial charge in [0, 0.05) is 34.4 Å². The van der Waals surface area contributed by atoms with Crippen LogP contribution >= 0.6 is 11.6 Å². The molecule has 3 aromatic carbocycles. The molecule has 4 rings (SSSR count). The summed E-state index contributed by atoms with van der Waals surface area (Å²) in [5.41, 5.74) is 3.70. The lowest BCUT2D eigenvalue weighted by Crippen LogP contribution is -2.44. The predicted octanol–water partition coefficient (Wildman–Crippen LogP) is 4.84. The van der Waals surface area contributed by atoms with E-state index in [0.29, 0.717) is 33.9 Å². The van der Waals surface area contributed by atoms with Gasteiger partial charge in [0.2, 0.25) is 0 Å². The lowest BCUT2D eigenvalue weighted by molar-refractivity contribution is -0.142. The molecule has 0 aliphatic rings. The molecule has 0 saturated heterocycles. The fraction of sp³-hybridized carbons (Fsp3) is 0.207. The van der Waals surface area contributed by atoms with Gasteiger partial charge in [-0.15, -0.1) is 0 Å². The quantitative estimate of drug-likeness (QED) is 0.306. The molecule has 0 saturated carbocycles. The van der Waals surface area contributed by atoms with E-state index in [-0.39, 0.29) is 6.42 Å². The Labute approximate surface area is 218 Å². The lowest BCUT2D eigenvalue weighted by Gasteiger charge is -2.16. The largest absolute Gasteiger partial charge is 0.483 e. The summed E-state index contributed by atoms with van der Waals surface area (Å²) in [6.07, 6.45) is 0.562. The topological polar surface area (TPSA) is 106 Å². The second kappa shape index (κ2) is 11.3. The highest BCUT2D eigenvalue weighted by Crippen LogP contribution is 2.30. The summed E-state index contributed by atoms with van der Waals surface area (Å²) in [7, 11) is 0. The number of aryl methyl sites for hydroxylation is 2. The van der Waals surface area contributed by atoms with E-state index < -0.39 is 30.2 Å². The first-order valence-corrected chi connectivity index (χ1v) is 12.1. The molecule has 1 aromatic heterocycles. The number of benzene rings is 3. The summed E-state index contributed by atoms with van der Waals surface area (Å²) in [4.78, 5) is 37.0. The number of carbonyl (C=O) groups excluding carboxylic acids is 1. The van der Waals surface area contributed by atoms with Crippen LogP contribution in [-0.4, -0.2) is 29.6 Å². The number of halogens is 1. The first kappa shape index (κ1) is 26.0. The minimum Gasteiger partial charge on any atom is -0.483 e. The zero-order chi connectivity index (χ0) is 26.5. The van der Waals surface area contributed by atoms with Crippen molar-refractivity contribution < 1.29 is 23.8 Å². The van der Waals surface area contributed by atoms with E-state index in [1.54, 1.807) is 43.3 Å². The third-order valence-electron chi connectivity index (χ3n) is 6.22. The number of hydrogen-bond acceptors (Lipinski definition) is 5. The zero-order valence-corrected chi connectivity index (χ0v) is 21.2. The molecule has 190 valence electrons. The second-order valence-electron chi connectivity index (χ2n) is 8.80. The van der Waals surface area contributed by atoms with Crippen LogP contribution in [0.2, 0.25) is 5.02 Å². The van der Waals surface area contributed by atoms with Crippen molar-refractivity contribution in [3.63, 3.8) is 0 Å². The number of rotatable bonds is 9. The van der Waals surface area contributed by atoms with Crippen LogP contribution in [0.25, 0.3) is 11.0 Å². The van der Waals surface area contributed by atoms with Crippen LogP contribution in [0.5, 0.6) is 5.75 Å². The highest BCUT2D eigenvalue weighted by atomic mass is 35.5. The van der Waals surface area contributed by atoms with Gasteiger partial charge < -0.3 is 19.6 Å². The number of carboxylic acid groups (broad SMARTS) is 1. The molecule has 1 heterocycles. The van der Waals surface area contributed by atoms with Crippen molar-refractivity contribution in [3.05, 3.63) is 110 Å². The molecule has 0 spiro atoms. The Morgan fingerprint density at radius 2 is 1.68 bits per heavy atom. The summed E-state index contributed by atoms with van der Waals surface area (Å²) in [5.74, 6) is -1.38. The summed E-state index contributed by atoms with van der Waals surface area (Å²) in [5, 5.41) is 13.3. The Morgan fingerprint density at radius 1 is 0.973 bits per heavy atom. The van der Waals surface area contributed by atoms with Gasteiger partial charge in [-0.2, -0.15) is 0 Å². The summed E-state index contributed by atoms with van der Waals surface area (Å²) in [6.45, 7) is 3.24. The van der Waals surface area contributed by atoms with Gasteiger partial charge in [0.25, 0.3) is 5.91 Å². The molecule has 8 heteroatoms. The van der Waals surface area contributed by atoms with Crippen LogP contribution in [0.1, 0.15) is 27.8 Å². The Bertz CT molecular complexity index is 1500. The Kier molecular flexibility index (Phi) is 7.94. The third-order valence-corrected chi connectivity index (χ3v) is 6.47. The number of nitrogens with one attached hydrogen (secondary N) is 1. The van der Waals surface area contributed by atoms with Crippen LogP contribution in [0, 0.1) is 13.8 Å². The molecule has 4 aromatic rings. The van der Waals surface area contributed by atoms with Crippen molar-refractivity contribution in [2.45, 2.75) is 32.7 Å². The zero-order valence-electron chi connectivity index (χ0n) is 20.4. The van der Waals surface area contributed by atoms with Crippen LogP contribution in [0.15, 0.2) is 75.9 Å². The van der Waals surface area contributed by atoms with Crippen LogP contribution in [0.3, 0.4) is 0 Å². The van der Waals surface area contributed by atoms with E-state index in [9.17, 15) is 19.5 Å². The van der Waals surface area contributed by atoms with Gasteiger partial charge in [-0.05, 0) is 54.8 Å². The van der Waals surface area contributed by atoms with Crippen LogP contribution < -0.4 is 15.7 Å². The molecule has 1 atom stereocenters. The second-order valence-corrected chi connectivity index (χ2v) is 9.23. The minimum atomic E-state index is -1.16. The highest BCUT2D eigenvalue weighted by Gasteiger charge is 2.21. The van der Waals surface area contributed by atoms with E-state index in [1.165, 1.54) is 0 Å². The SMILES string of the molecule is Cc1c(Cc2ccccc2)c(=O)oc2c(C)c(OCC(=O)N[C@@H](Cc3ccc(Cl)cc3)C(=O)O)ccc12. The normalized spacial score (nSPS) is 11.8. The van der Waals surface area contributed by atoms with E-state index in [4.69, 9.17) is 20.8 Å². The molecule has 7 nitrogen and oxygen atoms in total. The minimum absolute atomic E-state index is 0.100. The first-order valence-electron chi connectivity index (χ1n) is 11.7. The predicted molar refractivity (Wildman–Crippen MR) is 141 cm³/mol. The van der Waals surface area contributed by atoms with Gasteiger partial charge in [-0.3, -0.25) is 4.79 Å². The maximum absolute atomic E-state index is 12.8. The average Bonchev–Trinajstić information content (AvgIpc) is 2.88. The first-order chi connectivity index (χ1) is 17.7. The van der Waals surface area contributed by atoms with Crippen molar-refractivity contribution in [2.75, 3.05) is 6.61 Å². The number of fused-ring (bicyclic) bond motifs is 1. The number of carboxylic acids is 1. The Hall–Kier alpha value is -4.10. The highest BCUT2D eigenvalue weighted by molar-refractivity contribution is 6.30. The standard InChI is InChI=1S/C29H26ClNO6/c1-17-22-12-13-25(18(2)27(22)37-29(35)23(17)14-19-6-4-3-5-7-19)36-16-26(32)31-24(28(33)34)15-20-8-10-21(30)11-9-20/h3-13,24H,14-16H2,1-2H3,(H,31,32)(H,33,34)/t24-/m0/s1. The summed E-state index contributed by atoms with van der Waals surface area (Å²) in [6, 6.07) is 18.8. The number of amides is 1. The van der Waals surface area contributed by atoms with Gasteiger partial charge in [-0.25, -0.2) is 9.59 Å². The van der Waals surface area contributed by atoms with Crippen LogP contribution in [-0.2, 0) is 22.4 Å². The summed E-state index contributed by atoms with van der Waals surface area (Å²) < 4.78 is 11.3. The number of ether oxygens (including phenoxy) is 1. The summed E-state index contributed by atoms with van der Waals surface area (Å²) >= 11 is 5.87. The maximum Gasteiger partial charge on any atom is 0.340 e. The molecule has 0 aliphatic heterocycles. The molecule has 2 N–H and O–H groups in total. The monoisotopic (exact) mass is 519 g/mol. The third kappa shape index (κ3) is 6.19. The Morgan fingerprint density at radius 3 is 2.35 bits per heavy atom. The van der Waals surface area contributed by atoms with E-state index in [1.807, 2.05) is 37.3 Å². The van der Waals surface area contributed by atoms with Gasteiger partial charge in [0.1, 0.15) is 17.4 Å². The average molecular weight is 520 g/mol. The molecular formula is C29H26ClNO6. The molecule has 0 radical (unpaired) electrons. The molecule has 0 unspecified atom stereocenters. The molecule has 1 amide bonds. The van der Waals surface area contributed by atoms with Crippen molar-refractivity contribution >= 4 is 34.4 Å². The van der Waals surface area contributed by atoms with Gasteiger partial charge in [0.15, 0.2) is 6.61 Å². The fourth-order valence-corrected chi connectivity index (χ4v) is 4.29. The van der Waals surface area contributed by atoms with Gasteiger partial charge in [0.05, 0.1) is 0 Å². The molecule has 0 aliphatic carbocycles. The lowest BCUT2D eigenvalue weighted by atomic mass is 9.98. The fourth-order valence-electron chi connectivity index (χ4n) is 4.17. The van der Waals surface area contributed by atoms with Crippen LogP contribution in [0.4, 0.5) is 0 Å². The van der Waals surface area contributed by atoms with E-state index in [0.717, 1.165) is 22.1 Å². The van der Waals surface area contributed by atoms with Crippen molar-refractivity contribution in [2.24, 2.45) is 0 Å². The van der Waals surface area contributed by atoms with Crippen molar-refractivity contribution in [1.82, 2.24) is 5.32 Å². The maximum atomic E-state index is 12.8. The van der Waals surface area contributed by atoms with Crippen molar-refractivity contribution in [3.8, 4) is 5.75 Å². The molecule has 0 bridgehead atoms. The van der Waals surface area contributed by atoms with Gasteiger partial charge in [-0.1, -0.05) is 54.1 Å². The van der Waals surface area contributed by atoms with Crippen molar-refractivity contribution in [1.29, 1.82) is 0 Å².